The largest absolute Gasteiger partial charge is 0.481 e. The van der Waals surface area contributed by atoms with Gasteiger partial charge in [-0.25, -0.2) is 9.97 Å². The third kappa shape index (κ3) is 2.72. The fourth-order valence-corrected chi connectivity index (χ4v) is 2.49. The summed E-state index contributed by atoms with van der Waals surface area (Å²) < 4.78 is 0. The van der Waals surface area contributed by atoms with E-state index in [-0.39, 0.29) is 5.92 Å². The maximum absolute atomic E-state index is 11.4. The summed E-state index contributed by atoms with van der Waals surface area (Å²) in [6, 6.07) is 3.56. The van der Waals surface area contributed by atoms with Crippen molar-refractivity contribution >= 4 is 11.9 Å². The molecule has 0 saturated carbocycles. The molecule has 6 nitrogen and oxygen atoms in total. The molecule has 2 rings (SSSR count). The van der Waals surface area contributed by atoms with Crippen LogP contribution in [-0.4, -0.2) is 34.1 Å². The molecule has 1 unspecified atom stereocenters. The zero-order valence-electron chi connectivity index (χ0n) is 11.7. The van der Waals surface area contributed by atoms with Crippen molar-refractivity contribution in [1.82, 2.24) is 9.97 Å². The Morgan fingerprint density at radius 2 is 2.35 bits per heavy atom. The lowest BCUT2D eigenvalue weighted by Gasteiger charge is -2.39. The Morgan fingerprint density at radius 3 is 3.00 bits per heavy atom. The highest BCUT2D eigenvalue weighted by Crippen LogP contribution is 2.35. The van der Waals surface area contributed by atoms with E-state index >= 15 is 0 Å². The normalized spacial score (nSPS) is 19.4. The predicted octanol–water partition coefficient (Wildman–Crippen LogP) is 1.68. The van der Waals surface area contributed by atoms with Crippen LogP contribution in [0, 0.1) is 22.7 Å². The minimum absolute atomic E-state index is 0.0445. The molecule has 0 bridgehead atoms. The minimum atomic E-state index is -0.781. The van der Waals surface area contributed by atoms with Gasteiger partial charge in [0.25, 0.3) is 0 Å². The fraction of sp³-hybridized carbons (Fsp3) is 0.571. The molecule has 106 valence electrons. The summed E-state index contributed by atoms with van der Waals surface area (Å²) in [5.41, 5.74) is -0.444. The quantitative estimate of drug-likeness (QED) is 0.901. The number of nitriles is 1. The van der Waals surface area contributed by atoms with Crippen molar-refractivity contribution in [2.24, 2.45) is 11.3 Å². The first kappa shape index (κ1) is 14.3. The van der Waals surface area contributed by atoms with E-state index in [1.807, 2.05) is 11.0 Å². The second-order valence-electron chi connectivity index (χ2n) is 5.67. The summed E-state index contributed by atoms with van der Waals surface area (Å²) in [5, 5.41) is 18.2. The molecule has 1 atom stereocenters. The average molecular weight is 274 g/mol. The molecule has 1 aliphatic heterocycles. The number of carbonyl (C=O) groups is 1. The summed E-state index contributed by atoms with van der Waals surface area (Å²) in [6.45, 7) is 4.92. The Labute approximate surface area is 118 Å². The van der Waals surface area contributed by atoms with Crippen LogP contribution < -0.4 is 4.90 Å². The molecule has 1 saturated heterocycles. The summed E-state index contributed by atoms with van der Waals surface area (Å²) in [7, 11) is 0. The van der Waals surface area contributed by atoms with Gasteiger partial charge in [0.15, 0.2) is 0 Å². The van der Waals surface area contributed by atoms with E-state index in [0.717, 1.165) is 19.4 Å². The van der Waals surface area contributed by atoms with Crippen LogP contribution in [0.2, 0.25) is 0 Å². The highest BCUT2D eigenvalue weighted by molar-refractivity contribution is 5.74. The van der Waals surface area contributed by atoms with Crippen LogP contribution in [0.1, 0.15) is 32.4 Å². The van der Waals surface area contributed by atoms with Crippen LogP contribution in [0.15, 0.2) is 12.3 Å². The van der Waals surface area contributed by atoms with Gasteiger partial charge < -0.3 is 10.0 Å². The van der Waals surface area contributed by atoms with Gasteiger partial charge in [-0.15, -0.1) is 0 Å². The molecule has 1 aliphatic rings. The fourth-order valence-electron chi connectivity index (χ4n) is 2.49. The second kappa shape index (κ2) is 5.45. The summed E-state index contributed by atoms with van der Waals surface area (Å²) in [5.74, 6) is -0.228. The molecule has 1 N–H and O–H groups in total. The van der Waals surface area contributed by atoms with Crippen molar-refractivity contribution < 1.29 is 9.90 Å². The molecule has 0 aliphatic carbocycles. The molecule has 6 heteroatoms. The number of carboxylic acid groups (broad SMARTS) is 1. The van der Waals surface area contributed by atoms with E-state index in [1.54, 1.807) is 26.1 Å². The molecular formula is C14H18N4O2. The number of aromatic nitrogens is 2. The van der Waals surface area contributed by atoms with Gasteiger partial charge in [0, 0.05) is 19.3 Å². The monoisotopic (exact) mass is 274 g/mol. The van der Waals surface area contributed by atoms with Crippen molar-refractivity contribution in [1.29, 1.82) is 5.26 Å². The standard InChI is InChI=1S/C14H18N4O2/c1-14(2,12(19)20)10-4-3-7-18(9-10)13-16-6-5-11(8-15)17-13/h5-6,10H,3-4,7,9H2,1-2H3,(H,19,20). The number of carboxylic acids is 1. The van der Waals surface area contributed by atoms with Gasteiger partial charge in [0.05, 0.1) is 5.41 Å². The lowest BCUT2D eigenvalue weighted by Crippen LogP contribution is -2.45. The molecule has 0 radical (unpaired) electrons. The molecule has 20 heavy (non-hydrogen) atoms. The van der Waals surface area contributed by atoms with Crippen LogP contribution >= 0.6 is 0 Å². The van der Waals surface area contributed by atoms with E-state index in [4.69, 9.17) is 5.26 Å². The lowest BCUT2D eigenvalue weighted by atomic mass is 9.74. The molecule has 1 aromatic heterocycles. The van der Waals surface area contributed by atoms with E-state index in [2.05, 4.69) is 9.97 Å². The Balaban J connectivity index is 2.18. The molecule has 0 spiro atoms. The average Bonchev–Trinajstić information content (AvgIpc) is 2.47. The first-order chi connectivity index (χ1) is 9.45. The molecule has 1 fully saturated rings. The number of piperidine rings is 1. The Kier molecular flexibility index (Phi) is 3.89. The molecule has 2 heterocycles. The molecular weight excluding hydrogens is 256 g/mol. The van der Waals surface area contributed by atoms with E-state index < -0.39 is 11.4 Å². The smallest absolute Gasteiger partial charge is 0.309 e. The molecule has 0 aromatic carbocycles. The Bertz CT molecular complexity index is 550. The Hall–Kier alpha value is -2.16. The predicted molar refractivity (Wildman–Crippen MR) is 73.1 cm³/mol. The van der Waals surface area contributed by atoms with Gasteiger partial charge in [-0.1, -0.05) is 0 Å². The number of rotatable bonds is 3. The highest BCUT2D eigenvalue weighted by Gasteiger charge is 2.39. The summed E-state index contributed by atoms with van der Waals surface area (Å²) in [6.07, 6.45) is 3.35. The Morgan fingerprint density at radius 1 is 1.60 bits per heavy atom. The number of aliphatic carboxylic acids is 1. The van der Waals surface area contributed by atoms with E-state index in [1.165, 1.54) is 0 Å². The van der Waals surface area contributed by atoms with Gasteiger partial charge in [-0.3, -0.25) is 4.79 Å². The van der Waals surface area contributed by atoms with Gasteiger partial charge >= 0.3 is 5.97 Å². The number of hydrogen-bond donors (Lipinski definition) is 1. The second-order valence-corrected chi connectivity index (χ2v) is 5.67. The van der Waals surface area contributed by atoms with Gasteiger partial charge in [-0.05, 0) is 38.7 Å². The topological polar surface area (TPSA) is 90.1 Å². The SMILES string of the molecule is CC(C)(C(=O)O)C1CCCN(c2nccc(C#N)n2)C1. The zero-order valence-corrected chi connectivity index (χ0v) is 11.7. The number of nitrogens with zero attached hydrogens (tertiary/aromatic N) is 4. The maximum atomic E-state index is 11.4. The number of hydrogen-bond acceptors (Lipinski definition) is 5. The van der Waals surface area contributed by atoms with Crippen molar-refractivity contribution in [2.75, 3.05) is 18.0 Å². The summed E-state index contributed by atoms with van der Waals surface area (Å²) in [4.78, 5) is 21.7. The van der Waals surface area contributed by atoms with Gasteiger partial charge in [0.2, 0.25) is 5.95 Å². The maximum Gasteiger partial charge on any atom is 0.309 e. The van der Waals surface area contributed by atoms with E-state index in [9.17, 15) is 9.90 Å². The van der Waals surface area contributed by atoms with Crippen molar-refractivity contribution in [3.8, 4) is 6.07 Å². The van der Waals surface area contributed by atoms with Gasteiger partial charge in [0.1, 0.15) is 11.8 Å². The first-order valence-corrected chi connectivity index (χ1v) is 6.66. The first-order valence-electron chi connectivity index (χ1n) is 6.66. The minimum Gasteiger partial charge on any atom is -0.481 e. The van der Waals surface area contributed by atoms with E-state index in [0.29, 0.717) is 18.2 Å². The third-order valence-electron chi connectivity index (χ3n) is 4.03. The molecule has 0 amide bonds. The van der Waals surface area contributed by atoms with Gasteiger partial charge in [-0.2, -0.15) is 5.26 Å². The van der Waals surface area contributed by atoms with Crippen LogP contribution in [0.25, 0.3) is 0 Å². The number of anilines is 1. The zero-order chi connectivity index (χ0) is 14.8. The molecule has 1 aromatic rings. The van der Waals surface area contributed by atoms with Crippen LogP contribution in [0.4, 0.5) is 5.95 Å². The summed E-state index contributed by atoms with van der Waals surface area (Å²) >= 11 is 0. The lowest BCUT2D eigenvalue weighted by molar-refractivity contribution is -0.150. The van der Waals surface area contributed by atoms with Crippen molar-refractivity contribution in [3.63, 3.8) is 0 Å². The van der Waals surface area contributed by atoms with Crippen LogP contribution in [0.3, 0.4) is 0 Å². The van der Waals surface area contributed by atoms with Crippen molar-refractivity contribution in [3.05, 3.63) is 18.0 Å². The van der Waals surface area contributed by atoms with Crippen LogP contribution in [-0.2, 0) is 4.79 Å². The highest BCUT2D eigenvalue weighted by atomic mass is 16.4. The van der Waals surface area contributed by atoms with Crippen LogP contribution in [0.5, 0.6) is 0 Å². The third-order valence-corrected chi connectivity index (χ3v) is 4.03. The van der Waals surface area contributed by atoms with Crippen molar-refractivity contribution in [2.45, 2.75) is 26.7 Å².